The maximum Gasteiger partial charge on any atom is 0.494 e. The summed E-state index contributed by atoms with van der Waals surface area (Å²) in [5, 5.41) is 9.71. The summed E-state index contributed by atoms with van der Waals surface area (Å²) >= 11 is 0. The van der Waals surface area contributed by atoms with E-state index in [9.17, 15) is 5.26 Å². The number of nitrogens with zero attached hydrogens (tertiary/aromatic N) is 1. The quantitative estimate of drug-likeness (QED) is 0.474. The lowest BCUT2D eigenvalue weighted by molar-refractivity contribution is 0.00578. The highest BCUT2D eigenvalue weighted by molar-refractivity contribution is 6.62. The molecule has 0 radical (unpaired) electrons. The minimum absolute atomic E-state index is 0.393. The molecule has 3 aromatic rings. The second-order valence-electron chi connectivity index (χ2n) is 10.4. The summed E-state index contributed by atoms with van der Waals surface area (Å²) in [6, 6.07) is 22.7. The third-order valence-electron chi connectivity index (χ3n) is 7.15. The predicted molar refractivity (Wildman–Crippen MR) is 131 cm³/mol. The summed E-state index contributed by atoms with van der Waals surface area (Å²) in [5.41, 5.74) is 5.50. The smallest absolute Gasteiger partial charge is 0.482 e. The zero-order chi connectivity index (χ0) is 23.6. The van der Waals surface area contributed by atoms with Gasteiger partial charge >= 0.3 is 7.12 Å². The third kappa shape index (κ3) is 3.55. The maximum atomic E-state index is 9.71. The van der Waals surface area contributed by atoms with Crippen LogP contribution in [0.2, 0.25) is 0 Å². The van der Waals surface area contributed by atoms with Crippen LogP contribution in [0.25, 0.3) is 22.3 Å². The van der Waals surface area contributed by atoms with Gasteiger partial charge in [0.2, 0.25) is 0 Å². The van der Waals surface area contributed by atoms with E-state index in [0.717, 1.165) is 27.9 Å². The number of fused-ring (bicyclic) bond motifs is 3. The molecule has 0 aliphatic carbocycles. The van der Waals surface area contributed by atoms with Crippen LogP contribution in [0.5, 0.6) is 5.75 Å². The number of benzene rings is 3. The Bertz CT molecular complexity index is 1290. The minimum atomic E-state index is -0.524. The van der Waals surface area contributed by atoms with Crippen LogP contribution in [0.1, 0.15) is 52.7 Å². The number of hydrogen-bond donors (Lipinski definition) is 0. The molecule has 5 rings (SSSR count). The zero-order valence-corrected chi connectivity index (χ0v) is 20.0. The molecule has 33 heavy (non-hydrogen) atoms. The lowest BCUT2D eigenvalue weighted by Gasteiger charge is -2.35. The van der Waals surface area contributed by atoms with Crippen molar-refractivity contribution in [3.05, 3.63) is 71.8 Å². The van der Waals surface area contributed by atoms with Crippen molar-refractivity contribution >= 4 is 12.6 Å². The van der Waals surface area contributed by atoms with Gasteiger partial charge in [-0.1, -0.05) is 36.4 Å². The van der Waals surface area contributed by atoms with Crippen LogP contribution < -0.4 is 10.2 Å². The van der Waals surface area contributed by atoms with E-state index in [0.29, 0.717) is 5.56 Å². The van der Waals surface area contributed by atoms with E-state index in [-0.39, 0.29) is 0 Å². The van der Waals surface area contributed by atoms with E-state index in [2.05, 4.69) is 50.2 Å². The van der Waals surface area contributed by atoms with Gasteiger partial charge in [0.05, 0.1) is 22.8 Å². The Balaban J connectivity index is 1.60. The molecule has 0 aromatic heterocycles. The Morgan fingerprint density at radius 2 is 1.45 bits per heavy atom. The molecule has 0 spiro atoms. The lowest BCUT2D eigenvalue weighted by Crippen LogP contribution is -2.41. The van der Waals surface area contributed by atoms with Gasteiger partial charge in [0.1, 0.15) is 11.4 Å². The van der Waals surface area contributed by atoms with E-state index in [1.165, 1.54) is 11.1 Å². The van der Waals surface area contributed by atoms with Crippen LogP contribution >= 0.6 is 0 Å². The number of nitriles is 1. The molecule has 166 valence electrons. The molecule has 2 aliphatic heterocycles. The first-order valence-corrected chi connectivity index (χ1v) is 11.3. The highest BCUT2D eigenvalue weighted by atomic mass is 16.7. The summed E-state index contributed by atoms with van der Waals surface area (Å²) in [4.78, 5) is 0. The first-order chi connectivity index (χ1) is 15.5. The summed E-state index contributed by atoms with van der Waals surface area (Å²) < 4.78 is 18.8. The minimum Gasteiger partial charge on any atom is -0.482 e. The molecule has 3 aromatic carbocycles. The van der Waals surface area contributed by atoms with E-state index >= 15 is 0 Å². The van der Waals surface area contributed by atoms with Crippen molar-refractivity contribution in [2.75, 3.05) is 0 Å². The highest BCUT2D eigenvalue weighted by Gasteiger charge is 2.51. The molecule has 2 heterocycles. The second kappa shape index (κ2) is 7.22. The zero-order valence-electron chi connectivity index (χ0n) is 20.0. The van der Waals surface area contributed by atoms with Crippen LogP contribution in [-0.4, -0.2) is 18.3 Å². The molecule has 1 saturated heterocycles. The van der Waals surface area contributed by atoms with Gasteiger partial charge in [0.15, 0.2) is 0 Å². The van der Waals surface area contributed by atoms with Crippen molar-refractivity contribution in [1.29, 1.82) is 5.26 Å². The Kier molecular flexibility index (Phi) is 4.76. The van der Waals surface area contributed by atoms with E-state index in [4.69, 9.17) is 14.0 Å². The lowest BCUT2D eigenvalue weighted by atomic mass is 9.77. The van der Waals surface area contributed by atoms with Crippen LogP contribution in [0.4, 0.5) is 0 Å². The van der Waals surface area contributed by atoms with Crippen LogP contribution in [0, 0.1) is 11.3 Å². The molecule has 0 unspecified atom stereocenters. The van der Waals surface area contributed by atoms with Gasteiger partial charge in [0.25, 0.3) is 0 Å². The molecule has 1 fully saturated rings. The van der Waals surface area contributed by atoms with Crippen molar-refractivity contribution in [2.24, 2.45) is 0 Å². The van der Waals surface area contributed by atoms with Crippen molar-refractivity contribution in [3.8, 4) is 34.1 Å². The maximum absolute atomic E-state index is 9.71. The summed E-state index contributed by atoms with van der Waals surface area (Å²) in [6.45, 7) is 12.3. The number of hydrogen-bond acceptors (Lipinski definition) is 4. The molecule has 2 aliphatic rings. The van der Waals surface area contributed by atoms with E-state index < -0.39 is 23.9 Å². The van der Waals surface area contributed by atoms with Crippen molar-refractivity contribution < 1.29 is 14.0 Å². The van der Waals surface area contributed by atoms with Gasteiger partial charge in [-0.2, -0.15) is 5.26 Å². The van der Waals surface area contributed by atoms with Crippen LogP contribution in [-0.2, 0) is 14.9 Å². The molecule has 0 N–H and O–H groups in total. The highest BCUT2D eigenvalue weighted by Crippen LogP contribution is 2.46. The Morgan fingerprint density at radius 3 is 2.15 bits per heavy atom. The molecule has 0 bridgehead atoms. The molecule has 0 amide bonds. The standard InChI is InChI=1S/C28H28BNO3/c1-26(2)24-10-8-7-9-22(24)23-16-19(11-12-25(23)31-26)20-13-18(17-30)14-21(15-20)29-32-27(3,4)28(5,6)33-29/h7-16H,1-6H3. The molecular weight excluding hydrogens is 409 g/mol. The predicted octanol–water partition coefficient (Wildman–Crippen LogP) is 5.82. The summed E-state index contributed by atoms with van der Waals surface area (Å²) in [7, 11) is -0.524. The molecular formula is C28H28BNO3. The molecule has 0 atom stereocenters. The van der Waals surface area contributed by atoms with Crippen molar-refractivity contribution in [3.63, 3.8) is 0 Å². The number of rotatable bonds is 2. The van der Waals surface area contributed by atoms with Gasteiger partial charge in [-0.15, -0.1) is 0 Å². The topological polar surface area (TPSA) is 51.5 Å². The number of ether oxygens (including phenoxy) is 1. The SMILES string of the molecule is CC1(C)Oc2ccc(-c3cc(C#N)cc(B4OC(C)(C)C(C)(C)O4)c3)cc2-c2ccccc21. The van der Waals surface area contributed by atoms with Crippen LogP contribution in [0.3, 0.4) is 0 Å². The van der Waals surface area contributed by atoms with Gasteiger partial charge in [0, 0.05) is 11.1 Å². The summed E-state index contributed by atoms with van der Waals surface area (Å²) in [6.07, 6.45) is 0. The van der Waals surface area contributed by atoms with Gasteiger partial charge in [-0.25, -0.2) is 0 Å². The Hall–Kier alpha value is -3.07. The van der Waals surface area contributed by atoms with E-state index in [1.807, 2.05) is 58.0 Å². The molecule has 5 heteroatoms. The second-order valence-corrected chi connectivity index (χ2v) is 10.4. The van der Waals surface area contributed by atoms with Gasteiger partial charge in [-0.05, 0) is 88.0 Å². The van der Waals surface area contributed by atoms with Crippen LogP contribution in [0.15, 0.2) is 60.7 Å². The first kappa shape index (κ1) is 21.8. The largest absolute Gasteiger partial charge is 0.494 e. The van der Waals surface area contributed by atoms with Gasteiger partial charge < -0.3 is 14.0 Å². The normalized spacial score (nSPS) is 19.2. The third-order valence-corrected chi connectivity index (χ3v) is 7.15. The van der Waals surface area contributed by atoms with Crippen molar-refractivity contribution in [1.82, 2.24) is 0 Å². The fraction of sp³-hybridized carbons (Fsp3) is 0.321. The van der Waals surface area contributed by atoms with E-state index in [1.54, 1.807) is 0 Å². The fourth-order valence-corrected chi connectivity index (χ4v) is 4.58. The Labute approximate surface area is 196 Å². The summed E-state index contributed by atoms with van der Waals surface area (Å²) in [5.74, 6) is 0.866. The van der Waals surface area contributed by atoms with Gasteiger partial charge in [-0.3, -0.25) is 0 Å². The molecule has 4 nitrogen and oxygen atoms in total. The van der Waals surface area contributed by atoms with Crippen molar-refractivity contribution in [2.45, 2.75) is 58.3 Å². The first-order valence-electron chi connectivity index (χ1n) is 11.3. The monoisotopic (exact) mass is 437 g/mol. The fourth-order valence-electron chi connectivity index (χ4n) is 4.58. The Morgan fingerprint density at radius 1 is 0.758 bits per heavy atom. The molecule has 0 saturated carbocycles. The average molecular weight is 437 g/mol. The average Bonchev–Trinajstić information content (AvgIpc) is 3.00.